The van der Waals surface area contributed by atoms with Crippen LogP contribution in [0.4, 0.5) is 21.9 Å². The lowest BCUT2D eigenvalue weighted by molar-refractivity contribution is -0.394. The molecule has 3 aromatic rings. The summed E-state index contributed by atoms with van der Waals surface area (Å²) in [5, 5.41) is 24.7. The summed E-state index contributed by atoms with van der Waals surface area (Å²) in [5.41, 5.74) is 0.108. The monoisotopic (exact) mass is 644 g/mol. The van der Waals surface area contributed by atoms with Gasteiger partial charge in [0, 0.05) is 6.07 Å². The first-order valence-corrected chi connectivity index (χ1v) is 12.0. The summed E-state index contributed by atoms with van der Waals surface area (Å²) in [6.45, 7) is 1.85. The molecule has 1 heterocycles. The van der Waals surface area contributed by atoms with E-state index in [2.05, 4.69) is 5.32 Å². The molecule has 0 spiro atoms. The molecule has 3 aromatic carbocycles. The molecule has 0 saturated carbocycles. The quantitative estimate of drug-likeness (QED) is 0.124. The fourth-order valence-electron chi connectivity index (χ4n) is 3.63. The van der Waals surface area contributed by atoms with Crippen molar-refractivity contribution in [1.29, 1.82) is 0 Å². The molecular formula is C25H17IN4O9. The molecule has 4 rings (SSSR count). The van der Waals surface area contributed by atoms with E-state index in [1.165, 1.54) is 25.3 Å². The van der Waals surface area contributed by atoms with E-state index in [0.29, 0.717) is 9.13 Å². The van der Waals surface area contributed by atoms with Gasteiger partial charge in [-0.05, 0) is 71.5 Å². The van der Waals surface area contributed by atoms with E-state index in [-0.39, 0.29) is 28.5 Å². The number of nitro benzene ring substituents is 2. The number of benzene rings is 3. The Labute approximate surface area is 233 Å². The van der Waals surface area contributed by atoms with Crippen molar-refractivity contribution in [3.05, 3.63) is 95.1 Å². The first-order valence-electron chi connectivity index (χ1n) is 11.0. The van der Waals surface area contributed by atoms with Crippen molar-refractivity contribution in [3.8, 4) is 17.2 Å². The number of carbonyl (C=O) groups is 3. The molecule has 1 N–H and O–H groups in total. The number of methoxy groups -OCH3 is 1. The highest BCUT2D eigenvalue weighted by Gasteiger charge is 2.37. The summed E-state index contributed by atoms with van der Waals surface area (Å²) in [6, 6.07) is 11.6. The molecule has 0 atom stereocenters. The Morgan fingerprint density at radius 1 is 0.949 bits per heavy atom. The third-order valence-electron chi connectivity index (χ3n) is 5.52. The SMILES string of the molecule is COc1cc(C=C2C(=O)NC(=O)N(c3ccc(C)cc3)C2=O)cc(I)c1Oc1ccc([N+](=O)[O-])cc1[N+](=O)[O-]. The molecule has 198 valence electrons. The molecule has 1 fully saturated rings. The molecular weight excluding hydrogens is 627 g/mol. The predicted octanol–water partition coefficient (Wildman–Crippen LogP) is 4.88. The van der Waals surface area contributed by atoms with Crippen LogP contribution >= 0.6 is 22.6 Å². The molecule has 14 heteroatoms. The van der Waals surface area contributed by atoms with Gasteiger partial charge in [-0.25, -0.2) is 9.69 Å². The summed E-state index contributed by atoms with van der Waals surface area (Å²) >= 11 is 1.87. The molecule has 39 heavy (non-hydrogen) atoms. The largest absolute Gasteiger partial charge is 0.493 e. The molecule has 4 amide bonds. The Morgan fingerprint density at radius 2 is 1.64 bits per heavy atom. The minimum atomic E-state index is -0.885. The van der Waals surface area contributed by atoms with Crippen LogP contribution in [0, 0.1) is 30.7 Å². The Hall–Kier alpha value is -4.86. The van der Waals surface area contributed by atoms with Crippen molar-refractivity contribution in [2.75, 3.05) is 12.0 Å². The van der Waals surface area contributed by atoms with Gasteiger partial charge < -0.3 is 9.47 Å². The summed E-state index contributed by atoms with van der Waals surface area (Å²) in [4.78, 5) is 59.9. The topological polar surface area (TPSA) is 171 Å². The van der Waals surface area contributed by atoms with Crippen LogP contribution in [-0.4, -0.2) is 34.8 Å². The number of urea groups is 1. The third kappa shape index (κ3) is 5.54. The number of halogens is 1. The maximum atomic E-state index is 13.2. The van der Waals surface area contributed by atoms with Crippen LogP contribution in [0.5, 0.6) is 17.2 Å². The standard InChI is InChI=1S/C25H17IN4O9/c1-13-3-5-15(6-4-13)28-24(32)17(23(31)27-25(28)33)9-14-10-18(26)22(21(11-14)38-2)39-20-8-7-16(29(34)35)12-19(20)30(36)37/h3-12H,1-2H3,(H,27,31,33). The van der Waals surface area contributed by atoms with Crippen molar-refractivity contribution in [2.45, 2.75) is 6.92 Å². The Morgan fingerprint density at radius 3 is 2.26 bits per heavy atom. The number of non-ortho nitro benzene ring substituents is 1. The second-order valence-electron chi connectivity index (χ2n) is 8.10. The van der Waals surface area contributed by atoms with Gasteiger partial charge in [-0.1, -0.05) is 17.7 Å². The number of barbiturate groups is 1. The normalized spacial score (nSPS) is 14.3. The number of carbonyl (C=O) groups excluding carboxylic acids is 3. The third-order valence-corrected chi connectivity index (χ3v) is 6.32. The molecule has 0 aromatic heterocycles. The van der Waals surface area contributed by atoms with Crippen LogP contribution < -0.4 is 19.7 Å². The number of nitrogens with one attached hydrogen (secondary N) is 1. The second-order valence-corrected chi connectivity index (χ2v) is 9.26. The number of hydrogen-bond acceptors (Lipinski definition) is 9. The van der Waals surface area contributed by atoms with Gasteiger partial charge in [0.1, 0.15) is 5.57 Å². The fourth-order valence-corrected chi connectivity index (χ4v) is 4.37. The van der Waals surface area contributed by atoms with E-state index in [9.17, 15) is 34.6 Å². The molecule has 1 aliphatic rings. The first kappa shape index (κ1) is 27.2. The average molecular weight is 644 g/mol. The van der Waals surface area contributed by atoms with E-state index >= 15 is 0 Å². The maximum absolute atomic E-state index is 13.2. The Balaban J connectivity index is 1.71. The van der Waals surface area contributed by atoms with Crippen molar-refractivity contribution < 1.29 is 33.7 Å². The first-order chi connectivity index (χ1) is 18.5. The zero-order chi connectivity index (χ0) is 28.4. The number of anilines is 1. The van der Waals surface area contributed by atoms with Crippen LogP contribution in [0.15, 0.2) is 60.2 Å². The smallest absolute Gasteiger partial charge is 0.335 e. The van der Waals surface area contributed by atoms with E-state index in [1.807, 2.05) is 29.5 Å². The van der Waals surface area contributed by atoms with E-state index in [4.69, 9.17) is 9.47 Å². The number of rotatable bonds is 7. The Kier molecular flexibility index (Phi) is 7.57. The van der Waals surface area contributed by atoms with Gasteiger partial charge in [0.05, 0.1) is 32.3 Å². The lowest BCUT2D eigenvalue weighted by atomic mass is 10.1. The van der Waals surface area contributed by atoms with Crippen molar-refractivity contribution in [1.82, 2.24) is 5.32 Å². The summed E-state index contributed by atoms with van der Waals surface area (Å²) in [7, 11) is 1.32. The molecule has 0 bridgehead atoms. The lowest BCUT2D eigenvalue weighted by Gasteiger charge is -2.26. The van der Waals surface area contributed by atoms with Gasteiger partial charge in [-0.3, -0.25) is 35.1 Å². The van der Waals surface area contributed by atoms with Crippen molar-refractivity contribution in [3.63, 3.8) is 0 Å². The summed E-state index contributed by atoms with van der Waals surface area (Å²) in [5.74, 6) is -1.82. The number of nitrogens with zero attached hydrogens (tertiary/aromatic N) is 3. The van der Waals surface area contributed by atoms with E-state index < -0.39 is 39.1 Å². The lowest BCUT2D eigenvalue weighted by Crippen LogP contribution is -2.54. The van der Waals surface area contributed by atoms with Crippen molar-refractivity contribution in [2.24, 2.45) is 0 Å². The number of nitro groups is 2. The molecule has 0 radical (unpaired) electrons. The van der Waals surface area contributed by atoms with Crippen LogP contribution in [0.2, 0.25) is 0 Å². The van der Waals surface area contributed by atoms with Crippen LogP contribution in [0.1, 0.15) is 11.1 Å². The molecule has 1 saturated heterocycles. The highest BCUT2D eigenvalue weighted by Crippen LogP contribution is 2.41. The van der Waals surface area contributed by atoms with Gasteiger partial charge in [0.25, 0.3) is 17.5 Å². The maximum Gasteiger partial charge on any atom is 0.335 e. The number of aryl methyl sites for hydroxylation is 1. The molecule has 13 nitrogen and oxygen atoms in total. The van der Waals surface area contributed by atoms with Crippen molar-refractivity contribution >= 4 is 63.6 Å². The molecule has 1 aliphatic heterocycles. The summed E-state index contributed by atoms with van der Waals surface area (Å²) < 4.78 is 11.5. The van der Waals surface area contributed by atoms with Gasteiger partial charge >= 0.3 is 11.7 Å². The number of imide groups is 2. The fraction of sp³-hybridized carbons (Fsp3) is 0.0800. The molecule has 0 unspecified atom stereocenters. The number of amides is 4. The van der Waals surface area contributed by atoms with Crippen LogP contribution in [0.25, 0.3) is 6.08 Å². The highest BCUT2D eigenvalue weighted by molar-refractivity contribution is 14.1. The second kappa shape index (κ2) is 10.9. The zero-order valence-corrected chi connectivity index (χ0v) is 22.3. The van der Waals surface area contributed by atoms with Gasteiger partial charge in [0.2, 0.25) is 5.75 Å². The zero-order valence-electron chi connectivity index (χ0n) is 20.2. The molecule has 0 aliphatic carbocycles. The number of ether oxygens (including phenoxy) is 2. The van der Waals surface area contributed by atoms with Gasteiger partial charge in [-0.2, -0.15) is 0 Å². The van der Waals surface area contributed by atoms with E-state index in [0.717, 1.165) is 28.7 Å². The van der Waals surface area contributed by atoms with Gasteiger partial charge in [-0.15, -0.1) is 0 Å². The van der Waals surface area contributed by atoms with Crippen LogP contribution in [-0.2, 0) is 9.59 Å². The minimum Gasteiger partial charge on any atom is -0.493 e. The minimum absolute atomic E-state index is 0.0630. The highest BCUT2D eigenvalue weighted by atomic mass is 127. The number of hydrogen-bond donors (Lipinski definition) is 1. The van der Waals surface area contributed by atoms with E-state index in [1.54, 1.807) is 24.3 Å². The summed E-state index contributed by atoms with van der Waals surface area (Å²) in [6.07, 6.45) is 1.27. The van der Waals surface area contributed by atoms with Gasteiger partial charge in [0.15, 0.2) is 11.5 Å². The predicted molar refractivity (Wildman–Crippen MR) is 146 cm³/mol. The average Bonchev–Trinajstić information content (AvgIpc) is 2.88. The Bertz CT molecular complexity index is 1590. The van der Waals surface area contributed by atoms with Crippen LogP contribution in [0.3, 0.4) is 0 Å².